The molecule has 0 atom stereocenters. The van der Waals surface area contributed by atoms with Crippen LogP contribution in [0.15, 0.2) is 54.6 Å². The predicted molar refractivity (Wildman–Crippen MR) is 95.0 cm³/mol. The Hall–Kier alpha value is -3.08. The number of aryl methyl sites for hydroxylation is 1. The first kappa shape index (κ1) is 15.8. The first-order chi connectivity index (χ1) is 11.7. The first-order valence-electron chi connectivity index (χ1n) is 7.60. The second-order valence-electron chi connectivity index (χ2n) is 5.25. The van der Waals surface area contributed by atoms with Crippen LogP contribution in [-0.4, -0.2) is 24.2 Å². The van der Waals surface area contributed by atoms with E-state index in [0.29, 0.717) is 17.3 Å². The molecule has 0 radical (unpaired) electrons. The smallest absolute Gasteiger partial charge is 0.162 e. The Kier molecular flexibility index (Phi) is 4.61. The number of hydrogen-bond donors (Lipinski definition) is 1. The Morgan fingerprint density at radius 2 is 1.58 bits per heavy atom. The van der Waals surface area contributed by atoms with E-state index in [-0.39, 0.29) is 0 Å². The van der Waals surface area contributed by atoms with Crippen molar-refractivity contribution in [2.75, 3.05) is 19.5 Å². The third-order valence-electron chi connectivity index (χ3n) is 3.56. The van der Waals surface area contributed by atoms with E-state index in [1.165, 1.54) is 0 Å². The molecule has 3 rings (SSSR count). The molecule has 1 heterocycles. The third-order valence-corrected chi connectivity index (χ3v) is 3.56. The van der Waals surface area contributed by atoms with Gasteiger partial charge in [-0.05, 0) is 19.1 Å². The molecule has 1 N–H and O–H groups in total. The lowest BCUT2D eigenvalue weighted by Gasteiger charge is -2.12. The molecule has 0 saturated carbocycles. The molecule has 0 saturated heterocycles. The summed E-state index contributed by atoms with van der Waals surface area (Å²) >= 11 is 0. The fourth-order valence-corrected chi connectivity index (χ4v) is 2.45. The van der Waals surface area contributed by atoms with Crippen LogP contribution in [0.3, 0.4) is 0 Å². The molecule has 5 nitrogen and oxygen atoms in total. The van der Waals surface area contributed by atoms with Crippen LogP contribution in [0.1, 0.15) is 5.82 Å². The highest BCUT2D eigenvalue weighted by atomic mass is 16.5. The van der Waals surface area contributed by atoms with Crippen LogP contribution in [0.2, 0.25) is 0 Å². The Morgan fingerprint density at radius 3 is 2.29 bits per heavy atom. The van der Waals surface area contributed by atoms with Crippen molar-refractivity contribution in [2.24, 2.45) is 0 Å². The van der Waals surface area contributed by atoms with Crippen LogP contribution in [-0.2, 0) is 0 Å². The molecule has 3 aromatic rings. The molecule has 0 bridgehead atoms. The van der Waals surface area contributed by atoms with Crippen molar-refractivity contribution in [1.82, 2.24) is 9.97 Å². The van der Waals surface area contributed by atoms with Crippen molar-refractivity contribution in [1.29, 1.82) is 0 Å². The molecule has 122 valence electrons. The van der Waals surface area contributed by atoms with Gasteiger partial charge in [0.05, 0.1) is 19.9 Å². The van der Waals surface area contributed by atoms with E-state index in [1.54, 1.807) is 14.2 Å². The van der Waals surface area contributed by atoms with Crippen molar-refractivity contribution in [2.45, 2.75) is 6.92 Å². The number of rotatable bonds is 5. The number of methoxy groups -OCH3 is 2. The number of nitrogens with zero attached hydrogens (tertiary/aromatic N) is 2. The summed E-state index contributed by atoms with van der Waals surface area (Å²) in [7, 11) is 3.23. The summed E-state index contributed by atoms with van der Waals surface area (Å²) in [5.41, 5.74) is 2.80. The van der Waals surface area contributed by atoms with Crippen molar-refractivity contribution < 1.29 is 9.47 Å². The fraction of sp³-hybridized carbons (Fsp3) is 0.158. The van der Waals surface area contributed by atoms with E-state index in [9.17, 15) is 0 Å². The molecule has 0 aliphatic rings. The van der Waals surface area contributed by atoms with Crippen molar-refractivity contribution in [3.8, 4) is 22.8 Å². The van der Waals surface area contributed by atoms with Crippen LogP contribution in [0, 0.1) is 6.92 Å². The molecule has 24 heavy (non-hydrogen) atoms. The zero-order valence-electron chi connectivity index (χ0n) is 13.9. The predicted octanol–water partition coefficient (Wildman–Crippen LogP) is 4.21. The molecule has 5 heteroatoms. The van der Waals surface area contributed by atoms with Gasteiger partial charge in [-0.1, -0.05) is 30.3 Å². The average molecular weight is 321 g/mol. The van der Waals surface area contributed by atoms with Crippen LogP contribution < -0.4 is 14.8 Å². The summed E-state index contributed by atoms with van der Waals surface area (Å²) in [4.78, 5) is 8.97. The second kappa shape index (κ2) is 7.00. The SMILES string of the molecule is COc1ccc(Nc2cc(-c3ccccc3)nc(C)n2)cc1OC. The summed E-state index contributed by atoms with van der Waals surface area (Å²) in [5.74, 6) is 2.79. The number of nitrogens with one attached hydrogen (secondary N) is 1. The van der Waals surface area contributed by atoms with E-state index < -0.39 is 0 Å². The standard InChI is InChI=1S/C19H19N3O2/c1-13-20-16(14-7-5-4-6-8-14)12-19(21-13)22-15-9-10-17(23-2)18(11-15)24-3/h4-12H,1-3H3,(H,20,21,22). The minimum atomic E-state index is 0.663. The lowest BCUT2D eigenvalue weighted by atomic mass is 10.1. The number of aromatic nitrogens is 2. The number of anilines is 2. The van der Waals surface area contributed by atoms with Crippen molar-refractivity contribution >= 4 is 11.5 Å². The molecule has 1 aromatic heterocycles. The summed E-state index contributed by atoms with van der Waals surface area (Å²) < 4.78 is 10.6. The molecule has 0 unspecified atom stereocenters. The zero-order chi connectivity index (χ0) is 16.9. The Labute approximate surface area is 141 Å². The van der Waals surface area contributed by atoms with Gasteiger partial charge in [-0.3, -0.25) is 0 Å². The number of hydrogen-bond acceptors (Lipinski definition) is 5. The van der Waals surface area contributed by atoms with Gasteiger partial charge in [-0.25, -0.2) is 9.97 Å². The van der Waals surface area contributed by atoms with E-state index in [1.807, 2.05) is 61.5 Å². The number of benzene rings is 2. The summed E-state index contributed by atoms with van der Waals surface area (Å²) in [6.07, 6.45) is 0. The highest BCUT2D eigenvalue weighted by molar-refractivity contribution is 5.67. The highest BCUT2D eigenvalue weighted by Gasteiger charge is 2.07. The quantitative estimate of drug-likeness (QED) is 0.763. The first-order valence-corrected chi connectivity index (χ1v) is 7.60. The maximum Gasteiger partial charge on any atom is 0.162 e. The fourth-order valence-electron chi connectivity index (χ4n) is 2.45. The molecule has 0 fully saturated rings. The molecule has 0 aliphatic heterocycles. The van der Waals surface area contributed by atoms with E-state index in [2.05, 4.69) is 15.3 Å². The minimum Gasteiger partial charge on any atom is -0.493 e. The Morgan fingerprint density at radius 1 is 0.833 bits per heavy atom. The minimum absolute atomic E-state index is 0.663. The van der Waals surface area contributed by atoms with Gasteiger partial charge in [-0.2, -0.15) is 0 Å². The van der Waals surface area contributed by atoms with Crippen molar-refractivity contribution in [3.05, 3.63) is 60.4 Å². The highest BCUT2D eigenvalue weighted by Crippen LogP contribution is 2.31. The van der Waals surface area contributed by atoms with Gasteiger partial charge in [-0.15, -0.1) is 0 Å². The van der Waals surface area contributed by atoms with Crippen LogP contribution in [0.5, 0.6) is 11.5 Å². The monoisotopic (exact) mass is 321 g/mol. The number of ether oxygens (including phenoxy) is 2. The lowest BCUT2D eigenvalue weighted by molar-refractivity contribution is 0.355. The molecular formula is C19H19N3O2. The van der Waals surface area contributed by atoms with Crippen LogP contribution >= 0.6 is 0 Å². The van der Waals surface area contributed by atoms with E-state index in [4.69, 9.17) is 9.47 Å². The van der Waals surface area contributed by atoms with Gasteiger partial charge in [0.25, 0.3) is 0 Å². The largest absolute Gasteiger partial charge is 0.493 e. The molecular weight excluding hydrogens is 302 g/mol. The normalized spacial score (nSPS) is 10.3. The summed E-state index contributed by atoms with van der Waals surface area (Å²) in [6.45, 7) is 1.88. The third kappa shape index (κ3) is 3.46. The van der Waals surface area contributed by atoms with E-state index >= 15 is 0 Å². The van der Waals surface area contributed by atoms with Gasteiger partial charge in [0.1, 0.15) is 11.6 Å². The van der Waals surface area contributed by atoms with Crippen molar-refractivity contribution in [3.63, 3.8) is 0 Å². The molecule has 0 aliphatic carbocycles. The topological polar surface area (TPSA) is 56.3 Å². The van der Waals surface area contributed by atoms with Crippen LogP contribution in [0.25, 0.3) is 11.3 Å². The van der Waals surface area contributed by atoms with E-state index in [0.717, 1.165) is 22.8 Å². The van der Waals surface area contributed by atoms with Crippen LogP contribution in [0.4, 0.5) is 11.5 Å². The maximum atomic E-state index is 5.33. The van der Waals surface area contributed by atoms with Gasteiger partial charge < -0.3 is 14.8 Å². The molecule has 2 aromatic carbocycles. The Bertz CT molecular complexity index is 835. The van der Waals surface area contributed by atoms with Gasteiger partial charge in [0.2, 0.25) is 0 Å². The summed E-state index contributed by atoms with van der Waals surface area (Å²) in [6, 6.07) is 17.6. The zero-order valence-corrected chi connectivity index (χ0v) is 13.9. The van der Waals surface area contributed by atoms with Gasteiger partial charge >= 0.3 is 0 Å². The molecule has 0 spiro atoms. The van der Waals surface area contributed by atoms with Gasteiger partial charge in [0, 0.05) is 23.4 Å². The lowest BCUT2D eigenvalue weighted by Crippen LogP contribution is -1.99. The summed E-state index contributed by atoms with van der Waals surface area (Å²) in [5, 5.41) is 3.29. The second-order valence-corrected chi connectivity index (χ2v) is 5.25. The average Bonchev–Trinajstić information content (AvgIpc) is 2.62. The maximum absolute atomic E-state index is 5.33. The van der Waals surface area contributed by atoms with Gasteiger partial charge in [0.15, 0.2) is 11.5 Å². The molecule has 0 amide bonds. The Balaban J connectivity index is 1.92.